The van der Waals surface area contributed by atoms with E-state index in [1.165, 1.54) is 13.3 Å². The number of oxazole rings is 1. The van der Waals surface area contributed by atoms with Gasteiger partial charge in [0, 0.05) is 18.3 Å². The van der Waals surface area contributed by atoms with Crippen LogP contribution >= 0.6 is 0 Å². The number of rotatable bonds is 4. The highest BCUT2D eigenvalue weighted by Gasteiger charge is 2.07. The summed E-state index contributed by atoms with van der Waals surface area (Å²) in [6.45, 7) is 1.45. The second-order valence-electron chi connectivity index (χ2n) is 5.14. The first-order valence-electron chi connectivity index (χ1n) is 7.10. The maximum Gasteiger partial charge on any atom is 0.228 e. The van der Waals surface area contributed by atoms with Crippen molar-refractivity contribution in [3.8, 4) is 0 Å². The minimum atomic E-state index is -0.135. The van der Waals surface area contributed by atoms with Crippen LogP contribution in [0.5, 0.6) is 0 Å². The van der Waals surface area contributed by atoms with Gasteiger partial charge in [-0.15, -0.1) is 0 Å². The van der Waals surface area contributed by atoms with E-state index in [-0.39, 0.29) is 18.2 Å². The molecule has 0 radical (unpaired) electrons. The van der Waals surface area contributed by atoms with Crippen molar-refractivity contribution in [1.29, 1.82) is 0 Å². The van der Waals surface area contributed by atoms with Crippen LogP contribution in [0.1, 0.15) is 12.5 Å². The van der Waals surface area contributed by atoms with Crippen LogP contribution in [0.4, 0.5) is 11.4 Å². The van der Waals surface area contributed by atoms with Crippen molar-refractivity contribution in [3.05, 3.63) is 54.4 Å². The number of nitrogens with zero attached hydrogens (tertiary/aromatic N) is 1. The first kappa shape index (κ1) is 14.8. The second-order valence-corrected chi connectivity index (χ2v) is 5.14. The molecule has 0 spiro atoms. The van der Waals surface area contributed by atoms with Crippen molar-refractivity contribution in [1.82, 2.24) is 4.98 Å². The van der Waals surface area contributed by atoms with Gasteiger partial charge in [0.05, 0.1) is 6.42 Å². The minimum absolute atomic E-state index is 0.129. The molecular formula is C17H15N3O3. The zero-order valence-electron chi connectivity index (χ0n) is 12.5. The van der Waals surface area contributed by atoms with E-state index in [4.69, 9.17) is 4.42 Å². The van der Waals surface area contributed by atoms with Gasteiger partial charge in [-0.1, -0.05) is 6.07 Å². The highest BCUT2D eigenvalue weighted by Crippen LogP contribution is 2.16. The SMILES string of the molecule is CC(=O)Nc1ccc(NC(=O)Cc2ccc3ncoc3c2)cc1. The molecule has 0 fully saturated rings. The van der Waals surface area contributed by atoms with Gasteiger partial charge in [0.15, 0.2) is 12.0 Å². The Bertz CT molecular complexity index is 853. The van der Waals surface area contributed by atoms with Crippen LogP contribution < -0.4 is 10.6 Å². The third-order valence-corrected chi connectivity index (χ3v) is 3.25. The largest absolute Gasteiger partial charge is 0.443 e. The Labute approximate surface area is 132 Å². The van der Waals surface area contributed by atoms with E-state index >= 15 is 0 Å². The predicted molar refractivity (Wildman–Crippen MR) is 87.1 cm³/mol. The van der Waals surface area contributed by atoms with Crippen molar-refractivity contribution in [3.63, 3.8) is 0 Å². The summed E-state index contributed by atoms with van der Waals surface area (Å²) in [4.78, 5) is 27.1. The minimum Gasteiger partial charge on any atom is -0.443 e. The Balaban J connectivity index is 1.63. The molecule has 0 aliphatic heterocycles. The van der Waals surface area contributed by atoms with E-state index in [0.29, 0.717) is 17.0 Å². The summed E-state index contributed by atoms with van der Waals surface area (Å²) in [5.41, 5.74) is 3.63. The number of benzene rings is 2. The third-order valence-electron chi connectivity index (χ3n) is 3.25. The maximum atomic E-state index is 12.1. The molecule has 6 heteroatoms. The number of carbonyl (C=O) groups excluding carboxylic acids is 2. The molecule has 23 heavy (non-hydrogen) atoms. The van der Waals surface area contributed by atoms with Crippen LogP contribution in [-0.4, -0.2) is 16.8 Å². The summed E-state index contributed by atoms with van der Waals surface area (Å²) in [5.74, 6) is -0.263. The van der Waals surface area contributed by atoms with Crippen molar-refractivity contribution in [2.45, 2.75) is 13.3 Å². The van der Waals surface area contributed by atoms with Gasteiger partial charge in [0.2, 0.25) is 11.8 Å². The lowest BCUT2D eigenvalue weighted by Crippen LogP contribution is -2.14. The van der Waals surface area contributed by atoms with E-state index < -0.39 is 0 Å². The van der Waals surface area contributed by atoms with Gasteiger partial charge in [-0.2, -0.15) is 0 Å². The monoisotopic (exact) mass is 309 g/mol. The molecule has 1 aromatic heterocycles. The summed E-state index contributed by atoms with van der Waals surface area (Å²) in [5, 5.41) is 5.49. The van der Waals surface area contributed by atoms with E-state index in [0.717, 1.165) is 11.1 Å². The zero-order valence-corrected chi connectivity index (χ0v) is 12.5. The number of nitrogens with one attached hydrogen (secondary N) is 2. The maximum absolute atomic E-state index is 12.1. The van der Waals surface area contributed by atoms with Gasteiger partial charge in [0.25, 0.3) is 0 Å². The summed E-state index contributed by atoms with van der Waals surface area (Å²) in [6.07, 6.45) is 1.62. The molecule has 2 N–H and O–H groups in total. The standard InChI is InChI=1S/C17H15N3O3/c1-11(21)19-13-3-5-14(6-4-13)20-17(22)9-12-2-7-15-16(8-12)23-10-18-15/h2-8,10H,9H2,1H3,(H,19,21)(H,20,22). The Hall–Kier alpha value is -3.15. The smallest absolute Gasteiger partial charge is 0.228 e. The highest BCUT2D eigenvalue weighted by molar-refractivity contribution is 5.93. The number of carbonyl (C=O) groups is 2. The molecule has 1 heterocycles. The molecule has 3 rings (SSSR count). The van der Waals surface area contributed by atoms with E-state index in [1.807, 2.05) is 18.2 Å². The highest BCUT2D eigenvalue weighted by atomic mass is 16.3. The molecule has 0 saturated heterocycles. The quantitative estimate of drug-likeness (QED) is 0.776. The van der Waals surface area contributed by atoms with Gasteiger partial charge >= 0.3 is 0 Å². The fourth-order valence-corrected chi connectivity index (χ4v) is 2.24. The Morgan fingerprint density at radius 2 is 1.74 bits per heavy atom. The van der Waals surface area contributed by atoms with E-state index in [1.54, 1.807) is 24.3 Å². The first-order valence-corrected chi connectivity index (χ1v) is 7.10. The summed E-state index contributed by atoms with van der Waals surface area (Å²) >= 11 is 0. The number of amides is 2. The topological polar surface area (TPSA) is 84.2 Å². The second kappa shape index (κ2) is 6.31. The molecular weight excluding hydrogens is 294 g/mol. The van der Waals surface area contributed by atoms with Crippen LogP contribution in [0.25, 0.3) is 11.1 Å². The molecule has 0 aliphatic carbocycles. The van der Waals surface area contributed by atoms with Crippen LogP contribution in [0.2, 0.25) is 0 Å². The Morgan fingerprint density at radius 3 is 2.43 bits per heavy atom. The van der Waals surface area contributed by atoms with Gasteiger partial charge in [-0.05, 0) is 42.0 Å². The molecule has 0 saturated carbocycles. The molecule has 116 valence electrons. The van der Waals surface area contributed by atoms with Crippen LogP contribution in [0.3, 0.4) is 0 Å². The van der Waals surface area contributed by atoms with Gasteiger partial charge in [0.1, 0.15) is 5.52 Å². The Kier molecular flexibility index (Phi) is 4.05. The van der Waals surface area contributed by atoms with Gasteiger partial charge < -0.3 is 15.1 Å². The lowest BCUT2D eigenvalue weighted by molar-refractivity contribution is -0.116. The summed E-state index contributed by atoms with van der Waals surface area (Å²) in [6, 6.07) is 12.4. The molecule has 0 atom stereocenters. The van der Waals surface area contributed by atoms with Crippen molar-refractivity contribution in [2.24, 2.45) is 0 Å². The zero-order chi connectivity index (χ0) is 16.2. The summed E-state index contributed by atoms with van der Waals surface area (Å²) < 4.78 is 5.23. The van der Waals surface area contributed by atoms with Crippen molar-refractivity contribution >= 4 is 34.3 Å². The molecule has 6 nitrogen and oxygen atoms in total. The first-order chi connectivity index (χ1) is 11.1. The predicted octanol–water partition coefficient (Wildman–Crippen LogP) is 2.97. The third kappa shape index (κ3) is 3.74. The summed E-state index contributed by atoms with van der Waals surface area (Å²) in [7, 11) is 0. The molecule has 0 unspecified atom stereocenters. The molecule has 2 aromatic carbocycles. The molecule has 0 aliphatic rings. The number of fused-ring (bicyclic) bond motifs is 1. The molecule has 2 amide bonds. The van der Waals surface area contributed by atoms with Crippen LogP contribution in [-0.2, 0) is 16.0 Å². The average Bonchev–Trinajstić information content (AvgIpc) is 2.96. The van der Waals surface area contributed by atoms with Crippen LogP contribution in [0.15, 0.2) is 53.3 Å². The van der Waals surface area contributed by atoms with Gasteiger partial charge in [-0.25, -0.2) is 4.98 Å². The average molecular weight is 309 g/mol. The number of anilines is 2. The molecule has 0 bridgehead atoms. The van der Waals surface area contributed by atoms with E-state index in [9.17, 15) is 9.59 Å². The number of aromatic nitrogens is 1. The number of hydrogen-bond donors (Lipinski definition) is 2. The van der Waals surface area contributed by atoms with Crippen molar-refractivity contribution in [2.75, 3.05) is 10.6 Å². The van der Waals surface area contributed by atoms with Crippen LogP contribution in [0, 0.1) is 0 Å². The molecule has 3 aromatic rings. The van der Waals surface area contributed by atoms with Crippen molar-refractivity contribution < 1.29 is 14.0 Å². The Morgan fingerprint density at radius 1 is 1.04 bits per heavy atom. The van der Waals surface area contributed by atoms with E-state index in [2.05, 4.69) is 15.6 Å². The number of hydrogen-bond acceptors (Lipinski definition) is 4. The fraction of sp³-hybridized carbons (Fsp3) is 0.118. The fourth-order valence-electron chi connectivity index (χ4n) is 2.24. The lowest BCUT2D eigenvalue weighted by atomic mass is 10.1. The van der Waals surface area contributed by atoms with Gasteiger partial charge in [-0.3, -0.25) is 9.59 Å². The lowest BCUT2D eigenvalue weighted by Gasteiger charge is -2.07. The normalized spacial score (nSPS) is 10.5.